The molecule has 7 rings (SSSR count). The van der Waals surface area contributed by atoms with Gasteiger partial charge in [-0.25, -0.2) is 12.1 Å². The minimum atomic E-state index is 0. The fourth-order valence-electron chi connectivity index (χ4n) is 6.23. The van der Waals surface area contributed by atoms with Crippen LogP contribution in [0.5, 0.6) is 0 Å². The van der Waals surface area contributed by atoms with Gasteiger partial charge < -0.3 is 24.8 Å². The predicted octanol–water partition coefficient (Wildman–Crippen LogP) is 4.77. The van der Waals surface area contributed by atoms with Gasteiger partial charge in [-0.05, 0) is 45.9 Å². The van der Waals surface area contributed by atoms with Crippen LogP contribution >= 0.6 is 0 Å². The molecule has 0 unspecified atom stereocenters. The van der Waals surface area contributed by atoms with Crippen molar-refractivity contribution in [3.8, 4) is 11.1 Å². The molecule has 45 heavy (non-hydrogen) atoms. The molecule has 0 aliphatic heterocycles. The van der Waals surface area contributed by atoms with Gasteiger partial charge in [0.1, 0.15) is 0 Å². The van der Waals surface area contributed by atoms with Crippen molar-refractivity contribution in [1.29, 1.82) is 0 Å². The molecule has 0 saturated carbocycles. The Hall–Kier alpha value is -2.18. The molecule has 0 aromatic heterocycles. The van der Waals surface area contributed by atoms with E-state index >= 15 is 0 Å². The Kier molecular flexibility index (Phi) is 11.5. The van der Waals surface area contributed by atoms with Gasteiger partial charge in [-0.15, -0.1) is 11.6 Å². The minimum absolute atomic E-state index is 0. The fraction of sp³-hybridized carbons (Fsp3) is 0.333. The first kappa shape index (κ1) is 37.3. The summed E-state index contributed by atoms with van der Waals surface area (Å²) in [6, 6.07) is 25.0. The standard InChI is InChI=1S/C23H21.C10H15.C9H10.2ClH.Zr/c1-22(2)7-5-14-10-18-16(12-20(14)22)9-17-13-21-15(11-19(17)18)6-8-23(21,3)4;1-8-5-6-9(7-8)10(2,3)4;1-3-9-6-4-8(2)5-7-9;;;/h5-7,10-13H,9H2,1-4H3;5-7H,1-4H3;4-7H,1-2H3;2*1H;/q2*-1;;;;+2/p-2. The van der Waals surface area contributed by atoms with Crippen LogP contribution in [0.3, 0.4) is 0 Å². The van der Waals surface area contributed by atoms with Crippen molar-refractivity contribution >= 4 is 15.4 Å². The molecule has 3 aliphatic rings. The van der Waals surface area contributed by atoms with Gasteiger partial charge in [0.05, 0.1) is 0 Å². The molecular formula is C42H46Cl2Zr-2. The topological polar surface area (TPSA) is 0 Å². The zero-order valence-electron chi connectivity index (χ0n) is 28.5. The molecular weight excluding hydrogens is 667 g/mol. The summed E-state index contributed by atoms with van der Waals surface area (Å²) in [5.74, 6) is 0. The normalized spacial score (nSPS) is 15.2. The van der Waals surface area contributed by atoms with E-state index in [-0.39, 0.29) is 35.6 Å². The summed E-state index contributed by atoms with van der Waals surface area (Å²) in [4.78, 5) is 0. The molecule has 4 aromatic carbocycles. The van der Waals surface area contributed by atoms with E-state index in [9.17, 15) is 0 Å². The number of allylic oxidation sites excluding steroid dienone is 2. The molecule has 0 radical (unpaired) electrons. The average molecular weight is 713 g/mol. The van der Waals surface area contributed by atoms with E-state index in [1.807, 2.05) is 0 Å². The molecule has 0 spiro atoms. The second-order valence-corrected chi connectivity index (χ2v) is 16.6. The zero-order valence-corrected chi connectivity index (χ0v) is 32.5. The first-order valence-electron chi connectivity index (χ1n) is 15.6. The van der Waals surface area contributed by atoms with Crippen LogP contribution in [0, 0.1) is 19.9 Å². The van der Waals surface area contributed by atoms with Crippen LogP contribution in [-0.4, -0.2) is 3.21 Å². The summed E-state index contributed by atoms with van der Waals surface area (Å²) < 4.78 is 1.46. The Bertz CT molecular complexity index is 1670. The molecule has 0 bridgehead atoms. The van der Waals surface area contributed by atoms with E-state index in [0.29, 0.717) is 5.41 Å². The third-order valence-corrected chi connectivity index (χ3v) is 9.83. The Morgan fingerprint density at radius 1 is 0.822 bits per heavy atom. The molecule has 4 aromatic rings. The number of rotatable bonds is 1. The Balaban J connectivity index is 0.000000211. The van der Waals surface area contributed by atoms with Crippen LogP contribution < -0.4 is 24.8 Å². The van der Waals surface area contributed by atoms with Crippen molar-refractivity contribution in [2.45, 2.75) is 91.9 Å². The molecule has 0 atom stereocenters. The number of halogens is 2. The van der Waals surface area contributed by atoms with Gasteiger partial charge >= 0.3 is 76.7 Å². The summed E-state index contributed by atoms with van der Waals surface area (Å²) in [5.41, 5.74) is 17.5. The summed E-state index contributed by atoms with van der Waals surface area (Å²) in [6.07, 6.45) is 11.4. The van der Waals surface area contributed by atoms with Gasteiger partial charge in [-0.1, -0.05) is 90.5 Å². The Morgan fingerprint density at radius 2 is 1.40 bits per heavy atom. The summed E-state index contributed by atoms with van der Waals surface area (Å²) >= 11 is 1.51. The first-order chi connectivity index (χ1) is 20.0. The number of hydrogen-bond donors (Lipinski definition) is 0. The molecule has 0 nitrogen and oxygen atoms in total. The van der Waals surface area contributed by atoms with Crippen LogP contribution in [0.4, 0.5) is 0 Å². The molecule has 0 N–H and O–H groups in total. The third kappa shape index (κ3) is 8.04. The second-order valence-electron chi connectivity index (χ2n) is 14.8. The summed E-state index contributed by atoms with van der Waals surface area (Å²) in [5, 5.41) is 0. The van der Waals surface area contributed by atoms with Gasteiger partial charge in [-0.3, -0.25) is 6.08 Å². The summed E-state index contributed by atoms with van der Waals surface area (Å²) in [6.45, 7) is 22.3. The van der Waals surface area contributed by atoms with Crippen molar-refractivity contribution in [3.05, 3.63) is 135 Å². The smallest absolute Gasteiger partial charge is 0.0635 e. The van der Waals surface area contributed by atoms with Crippen molar-refractivity contribution in [1.82, 2.24) is 0 Å². The van der Waals surface area contributed by atoms with Crippen molar-refractivity contribution in [3.63, 3.8) is 0 Å². The SMILES string of the molecule is CC1(C)[C-]=Cc2cc3c(cc21)Cc1cc2c(cc1-3)C=CC2(C)C.C[C](=[Zr+2])c1ccc(C)cc1.Cc1cc(C(C)(C)C)c[cH-]1.[Cl-].[Cl-]. The van der Waals surface area contributed by atoms with Crippen LogP contribution in [0.15, 0.2) is 72.8 Å². The number of aryl methyl sites for hydroxylation is 2. The first-order valence-corrected chi connectivity index (χ1v) is 16.8. The second kappa shape index (κ2) is 13.9. The van der Waals surface area contributed by atoms with E-state index in [1.54, 1.807) is 0 Å². The quantitative estimate of drug-likeness (QED) is 0.220. The maximum Gasteiger partial charge on any atom is -0.0635 e. The van der Waals surface area contributed by atoms with E-state index in [2.05, 4.69) is 160 Å². The van der Waals surface area contributed by atoms with Gasteiger partial charge in [0, 0.05) is 5.41 Å². The maximum atomic E-state index is 3.50. The number of hydrogen-bond acceptors (Lipinski definition) is 0. The number of fused-ring (bicyclic) bond motifs is 5. The van der Waals surface area contributed by atoms with Gasteiger partial charge in [0.25, 0.3) is 0 Å². The molecule has 3 aliphatic carbocycles. The molecule has 234 valence electrons. The fourth-order valence-corrected chi connectivity index (χ4v) is 6.64. The van der Waals surface area contributed by atoms with Gasteiger partial charge in [0.2, 0.25) is 0 Å². The Morgan fingerprint density at radius 3 is 1.91 bits per heavy atom. The minimum Gasteiger partial charge on any atom is -1.00 e. The third-order valence-electron chi connectivity index (χ3n) is 9.12. The van der Waals surface area contributed by atoms with E-state index in [1.165, 1.54) is 94.2 Å². The van der Waals surface area contributed by atoms with E-state index < -0.39 is 0 Å². The van der Waals surface area contributed by atoms with E-state index in [4.69, 9.17) is 0 Å². The molecule has 0 saturated heterocycles. The molecule has 0 heterocycles. The van der Waals surface area contributed by atoms with Crippen molar-refractivity contribution in [2.24, 2.45) is 0 Å². The van der Waals surface area contributed by atoms with Crippen LogP contribution in [-0.2, 0) is 46.9 Å². The summed E-state index contributed by atoms with van der Waals surface area (Å²) in [7, 11) is 0. The molecule has 0 amide bonds. The maximum absolute atomic E-state index is 3.50. The van der Waals surface area contributed by atoms with Crippen molar-refractivity contribution < 1.29 is 49.0 Å². The van der Waals surface area contributed by atoms with Gasteiger partial charge in [0.15, 0.2) is 0 Å². The zero-order chi connectivity index (χ0) is 31.3. The largest absolute Gasteiger partial charge is 1.00 e. The molecule has 3 heteroatoms. The predicted molar refractivity (Wildman–Crippen MR) is 184 cm³/mol. The van der Waals surface area contributed by atoms with Gasteiger partial charge in [-0.2, -0.15) is 28.8 Å². The van der Waals surface area contributed by atoms with Crippen molar-refractivity contribution in [2.75, 3.05) is 0 Å². The van der Waals surface area contributed by atoms with E-state index in [0.717, 1.165) is 6.42 Å². The average Bonchev–Trinajstić information content (AvgIpc) is 3.67. The van der Waals surface area contributed by atoms with Crippen LogP contribution in [0.2, 0.25) is 0 Å². The van der Waals surface area contributed by atoms with Crippen LogP contribution in [0.1, 0.15) is 111 Å². The van der Waals surface area contributed by atoms with Crippen LogP contribution in [0.25, 0.3) is 23.3 Å². The Labute approximate surface area is 300 Å². The molecule has 0 fully saturated rings. The number of benzene rings is 3. The monoisotopic (exact) mass is 710 g/mol.